The van der Waals surface area contributed by atoms with Gasteiger partial charge in [0.1, 0.15) is 5.82 Å². The second-order valence-electron chi connectivity index (χ2n) is 5.42. The molecular weight excluding hydrogens is 342 g/mol. The Bertz CT molecular complexity index is 995. The summed E-state index contributed by atoms with van der Waals surface area (Å²) >= 11 is 1.35. The number of thioether (sulfide) groups is 1. The van der Waals surface area contributed by atoms with E-state index in [1.807, 2.05) is 30.3 Å². The monoisotopic (exact) mass is 356 g/mol. The summed E-state index contributed by atoms with van der Waals surface area (Å²) < 4.78 is 27.8. The van der Waals surface area contributed by atoms with Crippen molar-refractivity contribution in [2.24, 2.45) is 0 Å². The fourth-order valence-corrected chi connectivity index (χ4v) is 3.47. The number of halogens is 2. The number of H-pyrrole nitrogens is 1. The van der Waals surface area contributed by atoms with Gasteiger partial charge in [-0.05, 0) is 17.7 Å². The predicted octanol–water partition coefficient (Wildman–Crippen LogP) is 5.11. The zero-order chi connectivity index (χ0) is 17.2. The van der Waals surface area contributed by atoms with Crippen molar-refractivity contribution in [3.05, 3.63) is 66.6 Å². The Balaban J connectivity index is 1.57. The minimum absolute atomic E-state index is 0.306. The third kappa shape index (κ3) is 3.15. The van der Waals surface area contributed by atoms with Gasteiger partial charge in [0.2, 0.25) is 0 Å². The van der Waals surface area contributed by atoms with Crippen molar-refractivity contribution >= 4 is 22.8 Å². The zero-order valence-electron chi connectivity index (χ0n) is 13.1. The fraction of sp³-hybridized carbons (Fsp3) is 0.111. The van der Waals surface area contributed by atoms with E-state index in [0.29, 0.717) is 27.8 Å². The average Bonchev–Trinajstić information content (AvgIpc) is 3.25. The molecule has 4 aromatic rings. The highest BCUT2D eigenvalue weighted by Gasteiger charge is 2.18. The first-order chi connectivity index (χ1) is 12.2. The Morgan fingerprint density at radius 1 is 1.04 bits per heavy atom. The number of imidazole rings is 2. The molecule has 0 fully saturated rings. The molecule has 0 saturated carbocycles. The molecule has 0 amide bonds. The summed E-state index contributed by atoms with van der Waals surface area (Å²) in [4.78, 5) is 11.9. The highest BCUT2D eigenvalue weighted by atomic mass is 32.2. The van der Waals surface area contributed by atoms with Crippen LogP contribution in [0.4, 0.5) is 8.78 Å². The van der Waals surface area contributed by atoms with Crippen molar-refractivity contribution < 1.29 is 8.78 Å². The van der Waals surface area contributed by atoms with Crippen molar-refractivity contribution in [1.29, 1.82) is 0 Å². The van der Waals surface area contributed by atoms with Gasteiger partial charge in [0.15, 0.2) is 5.16 Å². The molecule has 0 bridgehead atoms. The van der Waals surface area contributed by atoms with Gasteiger partial charge in [-0.1, -0.05) is 54.2 Å². The fourth-order valence-electron chi connectivity index (χ4n) is 2.69. The van der Waals surface area contributed by atoms with Crippen LogP contribution >= 0.6 is 11.8 Å². The number of rotatable bonds is 5. The number of aromatic nitrogens is 4. The van der Waals surface area contributed by atoms with Gasteiger partial charge in [-0.3, -0.25) is 4.57 Å². The number of alkyl halides is 2. The molecule has 2 aromatic carbocycles. The van der Waals surface area contributed by atoms with Gasteiger partial charge in [0, 0.05) is 0 Å². The van der Waals surface area contributed by atoms with E-state index in [1.54, 1.807) is 30.5 Å². The second-order valence-corrected chi connectivity index (χ2v) is 6.39. The normalized spacial score (nSPS) is 11.5. The highest BCUT2D eigenvalue weighted by Crippen LogP contribution is 2.28. The lowest BCUT2D eigenvalue weighted by Gasteiger charge is -2.06. The third-order valence-corrected chi connectivity index (χ3v) is 4.72. The summed E-state index contributed by atoms with van der Waals surface area (Å²) in [6.07, 6.45) is 1.74. The molecule has 0 aliphatic rings. The first kappa shape index (κ1) is 15.8. The zero-order valence-corrected chi connectivity index (χ0v) is 13.9. The lowest BCUT2D eigenvalue weighted by atomic mass is 10.2. The molecule has 0 unspecified atom stereocenters. The van der Waals surface area contributed by atoms with E-state index < -0.39 is 6.55 Å². The molecule has 0 aliphatic carbocycles. The van der Waals surface area contributed by atoms with Crippen LogP contribution in [-0.4, -0.2) is 19.5 Å². The molecule has 4 nitrogen and oxygen atoms in total. The van der Waals surface area contributed by atoms with E-state index in [0.717, 1.165) is 15.8 Å². The Kier molecular flexibility index (Phi) is 4.23. The summed E-state index contributed by atoms with van der Waals surface area (Å²) in [5, 5.41) is 0.673. The number of benzene rings is 2. The van der Waals surface area contributed by atoms with Crippen molar-refractivity contribution in [2.45, 2.75) is 17.5 Å². The SMILES string of the molecule is FC(F)n1c(CSc2ncc(-c3ccccc3)[nH]2)nc2ccccc21. The molecule has 4 rings (SSSR count). The lowest BCUT2D eigenvalue weighted by molar-refractivity contribution is 0.0722. The predicted molar refractivity (Wildman–Crippen MR) is 94.6 cm³/mol. The molecule has 2 heterocycles. The summed E-state index contributed by atoms with van der Waals surface area (Å²) in [6.45, 7) is -2.63. The van der Waals surface area contributed by atoms with Crippen molar-refractivity contribution in [2.75, 3.05) is 0 Å². The van der Waals surface area contributed by atoms with Gasteiger partial charge in [0.05, 0.1) is 28.7 Å². The number of nitrogens with zero attached hydrogens (tertiary/aromatic N) is 3. The van der Waals surface area contributed by atoms with Crippen LogP contribution in [0, 0.1) is 0 Å². The van der Waals surface area contributed by atoms with Crippen LogP contribution in [0.3, 0.4) is 0 Å². The van der Waals surface area contributed by atoms with Crippen molar-refractivity contribution in [3.8, 4) is 11.3 Å². The van der Waals surface area contributed by atoms with Crippen LogP contribution in [0.25, 0.3) is 22.3 Å². The standard InChI is InChI=1S/C18H14F2N4S/c19-17(20)24-15-9-5-4-8-13(15)22-16(24)11-25-18-21-10-14(23-18)12-6-2-1-3-7-12/h1-10,17H,11H2,(H,21,23). The molecule has 7 heteroatoms. The largest absolute Gasteiger partial charge is 0.333 e. The Hall–Kier alpha value is -2.67. The summed E-state index contributed by atoms with van der Waals surface area (Å²) in [5.41, 5.74) is 2.94. The minimum atomic E-state index is -2.63. The van der Waals surface area contributed by atoms with Gasteiger partial charge >= 0.3 is 6.55 Å². The van der Waals surface area contributed by atoms with E-state index >= 15 is 0 Å². The average molecular weight is 356 g/mol. The lowest BCUT2D eigenvalue weighted by Crippen LogP contribution is -2.03. The van der Waals surface area contributed by atoms with E-state index in [1.165, 1.54) is 11.8 Å². The van der Waals surface area contributed by atoms with E-state index in [4.69, 9.17) is 0 Å². The molecule has 0 saturated heterocycles. The van der Waals surface area contributed by atoms with Crippen molar-refractivity contribution in [3.63, 3.8) is 0 Å². The van der Waals surface area contributed by atoms with Gasteiger partial charge in [-0.2, -0.15) is 8.78 Å². The summed E-state index contributed by atoms with van der Waals surface area (Å²) in [5.74, 6) is 0.639. The molecule has 0 radical (unpaired) electrons. The highest BCUT2D eigenvalue weighted by molar-refractivity contribution is 7.98. The number of fused-ring (bicyclic) bond motifs is 1. The van der Waals surface area contributed by atoms with Gasteiger partial charge in [-0.15, -0.1) is 0 Å². The molecule has 25 heavy (non-hydrogen) atoms. The molecule has 1 N–H and O–H groups in total. The van der Waals surface area contributed by atoms with Gasteiger partial charge in [0.25, 0.3) is 0 Å². The minimum Gasteiger partial charge on any atom is -0.333 e. The maximum Gasteiger partial charge on any atom is 0.320 e. The number of nitrogens with one attached hydrogen (secondary N) is 1. The second kappa shape index (κ2) is 6.68. The number of para-hydroxylation sites is 2. The van der Waals surface area contributed by atoms with E-state index in [2.05, 4.69) is 15.0 Å². The Morgan fingerprint density at radius 2 is 1.80 bits per heavy atom. The third-order valence-electron chi connectivity index (χ3n) is 3.84. The van der Waals surface area contributed by atoms with Crippen LogP contribution in [0.15, 0.2) is 66.0 Å². The topological polar surface area (TPSA) is 46.5 Å². The van der Waals surface area contributed by atoms with Crippen LogP contribution < -0.4 is 0 Å². The Morgan fingerprint density at radius 3 is 2.60 bits per heavy atom. The smallest absolute Gasteiger partial charge is 0.320 e. The first-order valence-electron chi connectivity index (χ1n) is 7.69. The van der Waals surface area contributed by atoms with Crippen LogP contribution in [0.5, 0.6) is 0 Å². The van der Waals surface area contributed by atoms with Crippen molar-refractivity contribution in [1.82, 2.24) is 19.5 Å². The molecule has 0 aliphatic heterocycles. The molecule has 126 valence electrons. The number of aromatic amines is 1. The Labute approximate surface area is 146 Å². The molecular formula is C18H14F2N4S. The van der Waals surface area contributed by atoms with E-state index in [9.17, 15) is 8.78 Å². The van der Waals surface area contributed by atoms with Gasteiger partial charge < -0.3 is 4.98 Å². The number of hydrogen-bond donors (Lipinski definition) is 1. The van der Waals surface area contributed by atoms with Crippen LogP contribution in [-0.2, 0) is 5.75 Å². The maximum absolute atomic E-state index is 13.4. The quantitative estimate of drug-likeness (QED) is 0.505. The van der Waals surface area contributed by atoms with E-state index in [-0.39, 0.29) is 0 Å². The van der Waals surface area contributed by atoms with Crippen LogP contribution in [0.2, 0.25) is 0 Å². The molecule has 0 atom stereocenters. The molecule has 0 spiro atoms. The maximum atomic E-state index is 13.4. The molecule has 2 aromatic heterocycles. The number of hydrogen-bond acceptors (Lipinski definition) is 3. The van der Waals surface area contributed by atoms with Crippen LogP contribution in [0.1, 0.15) is 12.4 Å². The summed E-state index contributed by atoms with van der Waals surface area (Å²) in [6, 6.07) is 16.7. The summed E-state index contributed by atoms with van der Waals surface area (Å²) in [7, 11) is 0. The first-order valence-corrected chi connectivity index (χ1v) is 8.68. The van der Waals surface area contributed by atoms with Gasteiger partial charge in [-0.25, -0.2) is 9.97 Å².